The summed E-state index contributed by atoms with van der Waals surface area (Å²) in [6.07, 6.45) is 5.97. The first-order valence-electron chi connectivity index (χ1n) is 7.63. The smallest absolute Gasteiger partial charge is 0.242 e. The van der Waals surface area contributed by atoms with Gasteiger partial charge < -0.3 is 9.47 Å². The minimum Gasteiger partial charge on any atom is -0.338 e. The van der Waals surface area contributed by atoms with Crippen LogP contribution < -0.4 is 0 Å². The lowest BCUT2D eigenvalue weighted by Gasteiger charge is -2.33. The molecule has 1 atom stereocenters. The minimum atomic E-state index is 0.129. The number of hydrogen-bond acceptors (Lipinski definition) is 2. The molecule has 1 aliphatic heterocycles. The van der Waals surface area contributed by atoms with Gasteiger partial charge in [-0.05, 0) is 44.4 Å². The van der Waals surface area contributed by atoms with Crippen LogP contribution in [0.3, 0.4) is 0 Å². The first-order valence-corrected chi connectivity index (χ1v) is 8.42. The van der Waals surface area contributed by atoms with E-state index in [1.165, 1.54) is 6.42 Å². The van der Waals surface area contributed by atoms with Crippen molar-refractivity contribution < 1.29 is 9.59 Å². The van der Waals surface area contributed by atoms with E-state index in [2.05, 4.69) is 22.9 Å². The zero-order valence-corrected chi connectivity index (χ0v) is 14.2. The number of carbonyl (C=O) groups is 2. The van der Waals surface area contributed by atoms with Crippen molar-refractivity contribution in [3.63, 3.8) is 0 Å². The summed E-state index contributed by atoms with van der Waals surface area (Å²) in [4.78, 5) is 25.8. The van der Waals surface area contributed by atoms with Crippen molar-refractivity contribution >= 4 is 39.0 Å². The maximum atomic E-state index is 12.6. The van der Waals surface area contributed by atoms with Crippen LogP contribution in [0.15, 0.2) is 28.9 Å². The van der Waals surface area contributed by atoms with Gasteiger partial charge in [-0.15, -0.1) is 0 Å². The number of aldehydes is 1. The lowest BCUT2D eigenvalue weighted by Crippen LogP contribution is -2.43. The molecule has 1 saturated heterocycles. The number of hydrogen-bond donors (Lipinski definition) is 0. The van der Waals surface area contributed by atoms with E-state index < -0.39 is 0 Å². The standard InChI is InChI=1S/C17H19BrN2O2/c1-12-4-2-3-7-20(12)17(22)10-19-9-13(11-21)15-8-14(18)5-6-16(15)19/h5-6,8-9,11-12H,2-4,7,10H2,1H3/t12-/m0/s1. The third-order valence-electron chi connectivity index (χ3n) is 4.43. The lowest BCUT2D eigenvalue weighted by atomic mass is 10.0. The van der Waals surface area contributed by atoms with Gasteiger partial charge in [-0.25, -0.2) is 0 Å². The average molecular weight is 363 g/mol. The Kier molecular flexibility index (Phi) is 4.34. The van der Waals surface area contributed by atoms with Crippen LogP contribution in [0.25, 0.3) is 10.9 Å². The van der Waals surface area contributed by atoms with E-state index in [1.807, 2.05) is 27.7 Å². The summed E-state index contributed by atoms with van der Waals surface area (Å²) >= 11 is 3.43. The molecular weight excluding hydrogens is 344 g/mol. The Morgan fingerprint density at radius 1 is 1.41 bits per heavy atom. The van der Waals surface area contributed by atoms with Crippen molar-refractivity contribution in [3.8, 4) is 0 Å². The minimum absolute atomic E-state index is 0.129. The van der Waals surface area contributed by atoms with E-state index in [0.717, 1.165) is 41.0 Å². The normalized spacial score (nSPS) is 18.6. The maximum absolute atomic E-state index is 12.6. The molecule has 2 aromatic rings. The third kappa shape index (κ3) is 2.82. The summed E-state index contributed by atoms with van der Waals surface area (Å²) in [6.45, 7) is 3.24. The predicted octanol–water partition coefficient (Wildman–Crippen LogP) is 3.62. The molecular formula is C17H19BrN2O2. The Balaban J connectivity index is 1.90. The highest BCUT2D eigenvalue weighted by atomic mass is 79.9. The second-order valence-corrected chi connectivity index (χ2v) is 6.84. The topological polar surface area (TPSA) is 42.3 Å². The monoisotopic (exact) mass is 362 g/mol. The lowest BCUT2D eigenvalue weighted by molar-refractivity contribution is -0.135. The molecule has 1 aromatic carbocycles. The highest BCUT2D eigenvalue weighted by molar-refractivity contribution is 9.10. The van der Waals surface area contributed by atoms with Crippen LogP contribution in [0, 0.1) is 0 Å². The summed E-state index contributed by atoms with van der Waals surface area (Å²) in [6, 6.07) is 6.10. The van der Waals surface area contributed by atoms with Crippen LogP contribution in [0.1, 0.15) is 36.5 Å². The number of likely N-dealkylation sites (tertiary alicyclic amines) is 1. The number of nitrogens with zero attached hydrogens (tertiary/aromatic N) is 2. The van der Waals surface area contributed by atoms with Gasteiger partial charge in [0.05, 0.1) is 0 Å². The second kappa shape index (κ2) is 6.24. The molecule has 5 heteroatoms. The Morgan fingerprint density at radius 2 is 2.23 bits per heavy atom. The Labute approximate surface area is 138 Å². The number of piperidine rings is 1. The quantitative estimate of drug-likeness (QED) is 0.782. The number of carbonyl (C=O) groups excluding carboxylic acids is 2. The number of halogens is 1. The van der Waals surface area contributed by atoms with Crippen LogP contribution in [0.5, 0.6) is 0 Å². The SMILES string of the molecule is C[C@H]1CCCCN1C(=O)Cn1cc(C=O)c2cc(Br)ccc21. The van der Waals surface area contributed by atoms with Crippen molar-refractivity contribution in [2.24, 2.45) is 0 Å². The van der Waals surface area contributed by atoms with Gasteiger partial charge in [0, 0.05) is 39.7 Å². The Hall–Kier alpha value is -1.62. The summed E-state index contributed by atoms with van der Waals surface area (Å²) in [5.41, 5.74) is 1.54. The van der Waals surface area contributed by atoms with Gasteiger partial charge in [0.2, 0.25) is 5.91 Å². The van der Waals surface area contributed by atoms with Crippen molar-refractivity contribution in [3.05, 3.63) is 34.4 Å². The molecule has 3 rings (SSSR count). The number of fused-ring (bicyclic) bond motifs is 1. The molecule has 0 unspecified atom stereocenters. The highest BCUT2D eigenvalue weighted by Crippen LogP contribution is 2.25. The number of amides is 1. The van der Waals surface area contributed by atoms with Gasteiger partial charge >= 0.3 is 0 Å². The number of aromatic nitrogens is 1. The Morgan fingerprint density at radius 3 is 2.95 bits per heavy atom. The van der Waals surface area contributed by atoms with E-state index in [9.17, 15) is 9.59 Å². The molecule has 0 bridgehead atoms. The molecule has 1 aliphatic rings. The van der Waals surface area contributed by atoms with Crippen LogP contribution >= 0.6 is 15.9 Å². The van der Waals surface area contributed by atoms with Crippen LogP contribution in [-0.4, -0.2) is 34.2 Å². The van der Waals surface area contributed by atoms with Gasteiger partial charge in [0.1, 0.15) is 6.54 Å². The fraction of sp³-hybridized carbons (Fsp3) is 0.412. The molecule has 0 aliphatic carbocycles. The van der Waals surface area contributed by atoms with Gasteiger partial charge in [-0.3, -0.25) is 9.59 Å². The fourth-order valence-electron chi connectivity index (χ4n) is 3.23. The molecule has 0 N–H and O–H groups in total. The van der Waals surface area contributed by atoms with Crippen LogP contribution in [0.4, 0.5) is 0 Å². The van der Waals surface area contributed by atoms with Gasteiger partial charge in [-0.1, -0.05) is 15.9 Å². The molecule has 0 spiro atoms. The fourth-order valence-corrected chi connectivity index (χ4v) is 3.59. The maximum Gasteiger partial charge on any atom is 0.242 e. The largest absolute Gasteiger partial charge is 0.338 e. The molecule has 1 amide bonds. The first kappa shape index (κ1) is 15.3. The van der Waals surface area contributed by atoms with E-state index in [0.29, 0.717) is 11.6 Å². The van der Waals surface area contributed by atoms with E-state index in [4.69, 9.17) is 0 Å². The second-order valence-electron chi connectivity index (χ2n) is 5.92. The molecule has 22 heavy (non-hydrogen) atoms. The summed E-state index contributed by atoms with van der Waals surface area (Å²) in [5.74, 6) is 0.129. The zero-order chi connectivity index (χ0) is 15.7. The first-order chi connectivity index (χ1) is 10.6. The van der Waals surface area contributed by atoms with Crippen LogP contribution in [0.2, 0.25) is 0 Å². The van der Waals surface area contributed by atoms with E-state index in [-0.39, 0.29) is 12.5 Å². The Bertz CT molecular complexity index is 723. The zero-order valence-electron chi connectivity index (χ0n) is 12.6. The summed E-state index contributed by atoms with van der Waals surface area (Å²) in [7, 11) is 0. The van der Waals surface area contributed by atoms with Gasteiger partial charge in [0.15, 0.2) is 6.29 Å². The molecule has 116 valence electrons. The number of rotatable bonds is 3. The highest BCUT2D eigenvalue weighted by Gasteiger charge is 2.23. The summed E-state index contributed by atoms with van der Waals surface area (Å²) < 4.78 is 2.81. The van der Waals surface area contributed by atoms with Crippen LogP contribution in [-0.2, 0) is 11.3 Å². The van der Waals surface area contributed by atoms with Crippen molar-refractivity contribution in [1.82, 2.24) is 9.47 Å². The third-order valence-corrected chi connectivity index (χ3v) is 4.92. The van der Waals surface area contributed by atoms with E-state index >= 15 is 0 Å². The molecule has 1 aromatic heterocycles. The van der Waals surface area contributed by atoms with E-state index in [1.54, 1.807) is 6.20 Å². The molecule has 0 radical (unpaired) electrons. The van der Waals surface area contributed by atoms with Crippen molar-refractivity contribution in [2.45, 2.75) is 38.8 Å². The molecule has 0 saturated carbocycles. The van der Waals surface area contributed by atoms with Gasteiger partial charge in [-0.2, -0.15) is 0 Å². The molecule has 4 nitrogen and oxygen atoms in total. The molecule has 2 heterocycles. The average Bonchev–Trinajstić information content (AvgIpc) is 2.84. The van der Waals surface area contributed by atoms with Crippen molar-refractivity contribution in [2.75, 3.05) is 6.54 Å². The van der Waals surface area contributed by atoms with Crippen molar-refractivity contribution in [1.29, 1.82) is 0 Å². The molecule has 1 fully saturated rings. The predicted molar refractivity (Wildman–Crippen MR) is 90.1 cm³/mol. The van der Waals surface area contributed by atoms with Gasteiger partial charge in [0.25, 0.3) is 0 Å². The number of benzene rings is 1. The summed E-state index contributed by atoms with van der Waals surface area (Å²) in [5, 5.41) is 0.879.